The summed E-state index contributed by atoms with van der Waals surface area (Å²) in [4.78, 5) is 23.4. The van der Waals surface area contributed by atoms with E-state index in [2.05, 4.69) is 12.2 Å². The molecule has 0 saturated carbocycles. The number of carbonyl (C=O) groups excluding carboxylic acids is 1. The Bertz CT molecular complexity index is 501. The molecule has 0 bridgehead atoms. The van der Waals surface area contributed by atoms with Crippen LogP contribution in [0, 0.1) is 0 Å². The number of rotatable bonds is 15. The maximum absolute atomic E-state index is 12.0. The Morgan fingerprint density at radius 2 is 1.35 bits per heavy atom. The standard InChI is InChI=1S/C22H35NO3/c1-2-3-4-5-6-7-8-9-10-11-15-18-20(24)23-21(22(25)26)19-16-13-12-14-17-19/h12-14,16-17,21H,2-11,15,18H2,1H3,(H,23,24)(H,25,26)/t21-/m0/s1. The second-order valence-electron chi connectivity index (χ2n) is 7.03. The highest BCUT2D eigenvalue weighted by Crippen LogP contribution is 2.14. The SMILES string of the molecule is CCCCCCCCCCCCCC(=O)N[C@H](C(=O)O)c1ccccc1. The van der Waals surface area contributed by atoms with E-state index >= 15 is 0 Å². The molecule has 0 heterocycles. The molecule has 26 heavy (non-hydrogen) atoms. The number of benzene rings is 1. The maximum Gasteiger partial charge on any atom is 0.330 e. The first-order valence-electron chi connectivity index (χ1n) is 10.2. The summed E-state index contributed by atoms with van der Waals surface area (Å²) in [5, 5.41) is 12.0. The molecule has 1 rings (SSSR count). The Balaban J connectivity index is 2.08. The summed E-state index contributed by atoms with van der Waals surface area (Å²) in [5.74, 6) is -1.21. The van der Waals surface area contributed by atoms with Gasteiger partial charge in [0.25, 0.3) is 0 Å². The number of carbonyl (C=O) groups is 2. The summed E-state index contributed by atoms with van der Waals surface area (Å²) in [6.07, 6.45) is 14.0. The minimum atomic E-state index is -1.02. The number of nitrogens with one attached hydrogen (secondary N) is 1. The Morgan fingerprint density at radius 3 is 1.85 bits per heavy atom. The van der Waals surface area contributed by atoms with Gasteiger partial charge in [-0.1, -0.05) is 101 Å². The van der Waals surface area contributed by atoms with Crippen molar-refractivity contribution in [3.63, 3.8) is 0 Å². The van der Waals surface area contributed by atoms with Crippen molar-refractivity contribution in [1.82, 2.24) is 5.32 Å². The molecule has 0 aliphatic rings. The van der Waals surface area contributed by atoms with Gasteiger partial charge in [0, 0.05) is 6.42 Å². The summed E-state index contributed by atoms with van der Waals surface area (Å²) < 4.78 is 0. The Labute approximate surface area is 158 Å². The third kappa shape index (κ3) is 10.2. The van der Waals surface area contributed by atoms with E-state index in [-0.39, 0.29) is 5.91 Å². The molecule has 0 spiro atoms. The quantitative estimate of drug-likeness (QED) is 0.398. The van der Waals surface area contributed by atoms with Crippen molar-refractivity contribution in [2.45, 2.75) is 90.0 Å². The van der Waals surface area contributed by atoms with Gasteiger partial charge in [-0.3, -0.25) is 4.79 Å². The lowest BCUT2D eigenvalue weighted by molar-refractivity contribution is -0.142. The molecule has 2 N–H and O–H groups in total. The lowest BCUT2D eigenvalue weighted by Crippen LogP contribution is -2.33. The molecule has 1 aromatic carbocycles. The molecule has 0 fully saturated rings. The second-order valence-corrected chi connectivity index (χ2v) is 7.03. The Morgan fingerprint density at radius 1 is 0.846 bits per heavy atom. The van der Waals surface area contributed by atoms with Gasteiger partial charge in [-0.2, -0.15) is 0 Å². The molecule has 146 valence electrons. The van der Waals surface area contributed by atoms with Gasteiger partial charge < -0.3 is 10.4 Å². The summed E-state index contributed by atoms with van der Waals surface area (Å²) in [6.45, 7) is 2.24. The molecule has 0 unspecified atom stereocenters. The summed E-state index contributed by atoms with van der Waals surface area (Å²) in [6, 6.07) is 7.87. The smallest absolute Gasteiger partial charge is 0.330 e. The van der Waals surface area contributed by atoms with Crippen molar-refractivity contribution >= 4 is 11.9 Å². The molecular weight excluding hydrogens is 326 g/mol. The molecule has 1 aromatic rings. The molecule has 0 aliphatic heterocycles. The third-order valence-electron chi connectivity index (χ3n) is 4.69. The molecule has 4 nitrogen and oxygen atoms in total. The fraction of sp³-hybridized carbons (Fsp3) is 0.636. The predicted octanol–water partition coefficient (Wildman–Crippen LogP) is 5.63. The van der Waals surface area contributed by atoms with E-state index in [1.807, 2.05) is 6.07 Å². The van der Waals surface area contributed by atoms with Crippen molar-refractivity contribution in [3.05, 3.63) is 35.9 Å². The van der Waals surface area contributed by atoms with Crippen LogP contribution in [-0.2, 0) is 9.59 Å². The van der Waals surface area contributed by atoms with Crippen molar-refractivity contribution in [2.24, 2.45) is 0 Å². The molecule has 0 aromatic heterocycles. The van der Waals surface area contributed by atoms with E-state index in [9.17, 15) is 14.7 Å². The van der Waals surface area contributed by atoms with Gasteiger partial charge in [-0.25, -0.2) is 4.79 Å². The molecule has 4 heteroatoms. The van der Waals surface area contributed by atoms with Gasteiger partial charge in [0.2, 0.25) is 5.91 Å². The highest BCUT2D eigenvalue weighted by atomic mass is 16.4. The van der Waals surface area contributed by atoms with E-state index < -0.39 is 12.0 Å². The van der Waals surface area contributed by atoms with Crippen LogP contribution in [0.15, 0.2) is 30.3 Å². The van der Waals surface area contributed by atoms with Crippen LogP contribution >= 0.6 is 0 Å². The topological polar surface area (TPSA) is 66.4 Å². The number of hydrogen-bond acceptors (Lipinski definition) is 2. The van der Waals surface area contributed by atoms with E-state index in [1.165, 1.54) is 51.4 Å². The number of unbranched alkanes of at least 4 members (excludes halogenated alkanes) is 10. The summed E-state index contributed by atoms with van der Waals surface area (Å²) in [5.41, 5.74) is 0.604. The van der Waals surface area contributed by atoms with Gasteiger partial charge in [0.15, 0.2) is 6.04 Å². The lowest BCUT2D eigenvalue weighted by Gasteiger charge is -2.14. The van der Waals surface area contributed by atoms with E-state index in [0.29, 0.717) is 12.0 Å². The zero-order valence-corrected chi connectivity index (χ0v) is 16.2. The highest BCUT2D eigenvalue weighted by Gasteiger charge is 2.21. The predicted molar refractivity (Wildman–Crippen MR) is 106 cm³/mol. The Kier molecular flexibility index (Phi) is 12.2. The minimum Gasteiger partial charge on any atom is -0.479 e. The number of carboxylic acid groups (broad SMARTS) is 1. The van der Waals surface area contributed by atoms with Crippen LogP contribution in [-0.4, -0.2) is 17.0 Å². The molecule has 1 amide bonds. The first-order valence-corrected chi connectivity index (χ1v) is 10.2. The molecule has 0 radical (unpaired) electrons. The monoisotopic (exact) mass is 361 g/mol. The largest absolute Gasteiger partial charge is 0.479 e. The van der Waals surface area contributed by atoms with Crippen LogP contribution in [0.2, 0.25) is 0 Å². The zero-order chi connectivity index (χ0) is 19.0. The van der Waals surface area contributed by atoms with Crippen molar-refractivity contribution < 1.29 is 14.7 Å². The van der Waals surface area contributed by atoms with Gasteiger partial charge in [0.05, 0.1) is 0 Å². The van der Waals surface area contributed by atoms with Crippen LogP contribution in [0.4, 0.5) is 0 Å². The number of amides is 1. The Hall–Kier alpha value is -1.84. The summed E-state index contributed by atoms with van der Waals surface area (Å²) in [7, 11) is 0. The normalized spacial score (nSPS) is 11.9. The first kappa shape index (κ1) is 22.2. The van der Waals surface area contributed by atoms with Crippen molar-refractivity contribution in [3.8, 4) is 0 Å². The second kappa shape index (κ2) is 14.3. The van der Waals surface area contributed by atoms with Crippen molar-refractivity contribution in [2.75, 3.05) is 0 Å². The van der Waals surface area contributed by atoms with Gasteiger partial charge >= 0.3 is 5.97 Å². The average molecular weight is 362 g/mol. The molecule has 0 aliphatic carbocycles. The van der Waals surface area contributed by atoms with E-state index in [0.717, 1.165) is 19.3 Å². The fourth-order valence-corrected chi connectivity index (χ4v) is 3.12. The maximum atomic E-state index is 12.0. The van der Waals surface area contributed by atoms with E-state index in [4.69, 9.17) is 0 Å². The van der Waals surface area contributed by atoms with Gasteiger partial charge in [0.1, 0.15) is 0 Å². The van der Waals surface area contributed by atoms with Crippen LogP contribution in [0.1, 0.15) is 95.6 Å². The number of hydrogen-bond donors (Lipinski definition) is 2. The van der Waals surface area contributed by atoms with Crippen LogP contribution in [0.25, 0.3) is 0 Å². The number of aliphatic carboxylic acids is 1. The third-order valence-corrected chi connectivity index (χ3v) is 4.69. The fourth-order valence-electron chi connectivity index (χ4n) is 3.12. The molecule has 0 saturated heterocycles. The van der Waals surface area contributed by atoms with Gasteiger partial charge in [-0.05, 0) is 12.0 Å². The van der Waals surface area contributed by atoms with Crippen LogP contribution in [0.3, 0.4) is 0 Å². The average Bonchev–Trinajstić information content (AvgIpc) is 2.64. The van der Waals surface area contributed by atoms with E-state index in [1.54, 1.807) is 24.3 Å². The minimum absolute atomic E-state index is 0.183. The highest BCUT2D eigenvalue weighted by molar-refractivity contribution is 5.84. The number of carboxylic acids is 1. The van der Waals surface area contributed by atoms with Crippen molar-refractivity contribution in [1.29, 1.82) is 0 Å². The zero-order valence-electron chi connectivity index (χ0n) is 16.2. The summed E-state index contributed by atoms with van der Waals surface area (Å²) >= 11 is 0. The lowest BCUT2D eigenvalue weighted by atomic mass is 10.0. The van der Waals surface area contributed by atoms with Crippen LogP contribution in [0.5, 0.6) is 0 Å². The van der Waals surface area contributed by atoms with Gasteiger partial charge in [-0.15, -0.1) is 0 Å². The van der Waals surface area contributed by atoms with Crippen LogP contribution < -0.4 is 5.32 Å². The molecule has 1 atom stereocenters. The first-order chi connectivity index (χ1) is 12.6. The molecular formula is C22H35NO3.